The number of amides is 1. The molecule has 0 aromatic heterocycles. The van der Waals surface area contributed by atoms with Crippen molar-refractivity contribution in [2.24, 2.45) is 17.6 Å². The van der Waals surface area contributed by atoms with Gasteiger partial charge in [0, 0.05) is 18.5 Å². The van der Waals surface area contributed by atoms with E-state index in [4.69, 9.17) is 5.73 Å². The van der Waals surface area contributed by atoms with Crippen LogP contribution in [0.5, 0.6) is 0 Å². The molecular weight excluding hydrogens is 200 g/mol. The molecule has 3 N–H and O–H groups in total. The molecule has 1 fully saturated rings. The van der Waals surface area contributed by atoms with E-state index in [1.165, 1.54) is 6.42 Å². The Kier molecular flexibility index (Phi) is 5.26. The van der Waals surface area contributed by atoms with Crippen LogP contribution in [0.3, 0.4) is 0 Å². The lowest BCUT2D eigenvalue weighted by Crippen LogP contribution is -2.40. The van der Waals surface area contributed by atoms with Gasteiger partial charge in [0.1, 0.15) is 0 Å². The zero-order valence-corrected chi connectivity index (χ0v) is 10.8. The number of hydrogen-bond acceptors (Lipinski definition) is 2. The van der Waals surface area contributed by atoms with E-state index in [1.54, 1.807) is 0 Å². The molecule has 0 aromatic carbocycles. The van der Waals surface area contributed by atoms with E-state index in [1.807, 2.05) is 6.92 Å². The highest BCUT2D eigenvalue weighted by Crippen LogP contribution is 2.28. The van der Waals surface area contributed by atoms with Crippen LogP contribution >= 0.6 is 0 Å². The maximum absolute atomic E-state index is 11.7. The number of hydrogen-bond donors (Lipinski definition) is 2. The molecule has 3 heteroatoms. The number of rotatable bonds is 4. The normalized spacial score (nSPS) is 32.1. The molecule has 0 spiro atoms. The van der Waals surface area contributed by atoms with Crippen LogP contribution in [-0.2, 0) is 4.79 Å². The molecule has 3 atom stereocenters. The smallest absolute Gasteiger partial charge is 0.220 e. The fourth-order valence-corrected chi connectivity index (χ4v) is 2.72. The minimum Gasteiger partial charge on any atom is -0.353 e. The lowest BCUT2D eigenvalue weighted by molar-refractivity contribution is -0.122. The van der Waals surface area contributed by atoms with Crippen LogP contribution in [0.1, 0.15) is 52.9 Å². The molecule has 1 rings (SSSR count). The number of carbonyl (C=O) groups excluding carboxylic acids is 1. The van der Waals surface area contributed by atoms with Crippen LogP contribution in [0.4, 0.5) is 0 Å². The first-order chi connectivity index (χ1) is 7.47. The van der Waals surface area contributed by atoms with Crippen LogP contribution in [0, 0.1) is 11.8 Å². The van der Waals surface area contributed by atoms with E-state index in [0.717, 1.165) is 31.1 Å². The molecule has 0 saturated heterocycles. The van der Waals surface area contributed by atoms with Crippen molar-refractivity contribution >= 4 is 5.91 Å². The van der Waals surface area contributed by atoms with Gasteiger partial charge in [-0.15, -0.1) is 0 Å². The Labute approximate surface area is 99.2 Å². The van der Waals surface area contributed by atoms with Crippen molar-refractivity contribution in [3.05, 3.63) is 0 Å². The number of nitrogens with two attached hydrogens (primary N) is 1. The lowest BCUT2D eigenvalue weighted by Gasteiger charge is -2.32. The Morgan fingerprint density at radius 2 is 1.88 bits per heavy atom. The Balaban J connectivity index is 2.27. The van der Waals surface area contributed by atoms with Crippen molar-refractivity contribution in [3.8, 4) is 0 Å². The predicted octanol–water partition coefficient (Wildman–Crippen LogP) is 2.05. The molecule has 16 heavy (non-hydrogen) atoms. The summed E-state index contributed by atoms with van der Waals surface area (Å²) in [7, 11) is 0. The second-order valence-electron chi connectivity index (χ2n) is 5.70. The molecule has 1 aliphatic carbocycles. The average Bonchev–Trinajstić information content (AvgIpc) is 2.12. The molecule has 0 aromatic rings. The molecular formula is C13H26N2O. The molecule has 0 radical (unpaired) electrons. The molecule has 1 amide bonds. The first-order valence-electron chi connectivity index (χ1n) is 6.52. The SMILES string of the molecule is CC(N)CCC(=O)NC1CC(C)CC(C)C1. The standard InChI is InChI=1S/C13H26N2O/c1-9-6-10(2)8-12(7-9)15-13(16)5-4-11(3)14/h9-12H,4-8,14H2,1-3H3,(H,15,16). The van der Waals surface area contributed by atoms with Gasteiger partial charge in [0.05, 0.1) is 0 Å². The Morgan fingerprint density at radius 3 is 2.38 bits per heavy atom. The lowest BCUT2D eigenvalue weighted by atomic mass is 9.80. The third kappa shape index (κ3) is 4.97. The number of nitrogens with one attached hydrogen (secondary N) is 1. The maximum Gasteiger partial charge on any atom is 0.220 e. The minimum absolute atomic E-state index is 0.120. The maximum atomic E-state index is 11.7. The predicted molar refractivity (Wildman–Crippen MR) is 67.0 cm³/mol. The average molecular weight is 226 g/mol. The fraction of sp³-hybridized carbons (Fsp3) is 0.923. The Bertz CT molecular complexity index is 218. The summed E-state index contributed by atoms with van der Waals surface area (Å²) in [6.45, 7) is 6.49. The molecule has 1 aliphatic rings. The third-order valence-electron chi connectivity index (χ3n) is 3.37. The number of carbonyl (C=O) groups is 1. The van der Waals surface area contributed by atoms with Gasteiger partial charge in [0.15, 0.2) is 0 Å². The second kappa shape index (κ2) is 6.24. The van der Waals surface area contributed by atoms with Crippen molar-refractivity contribution in [1.82, 2.24) is 5.32 Å². The zero-order chi connectivity index (χ0) is 12.1. The van der Waals surface area contributed by atoms with Crippen LogP contribution in [0.15, 0.2) is 0 Å². The van der Waals surface area contributed by atoms with Crippen LogP contribution < -0.4 is 11.1 Å². The first-order valence-corrected chi connectivity index (χ1v) is 6.52. The largest absolute Gasteiger partial charge is 0.353 e. The van der Waals surface area contributed by atoms with E-state index in [0.29, 0.717) is 12.5 Å². The van der Waals surface area contributed by atoms with E-state index in [2.05, 4.69) is 19.2 Å². The summed E-state index contributed by atoms with van der Waals surface area (Å²) in [6.07, 6.45) is 4.91. The summed E-state index contributed by atoms with van der Waals surface area (Å²) >= 11 is 0. The van der Waals surface area contributed by atoms with Gasteiger partial charge in [-0.1, -0.05) is 13.8 Å². The van der Waals surface area contributed by atoms with E-state index < -0.39 is 0 Å². The second-order valence-corrected chi connectivity index (χ2v) is 5.70. The molecule has 1 saturated carbocycles. The van der Waals surface area contributed by atoms with Gasteiger partial charge < -0.3 is 11.1 Å². The fourth-order valence-electron chi connectivity index (χ4n) is 2.72. The Morgan fingerprint density at radius 1 is 1.31 bits per heavy atom. The topological polar surface area (TPSA) is 55.1 Å². The van der Waals surface area contributed by atoms with Crippen LogP contribution in [-0.4, -0.2) is 18.0 Å². The molecule has 94 valence electrons. The van der Waals surface area contributed by atoms with Gasteiger partial charge in [0.25, 0.3) is 0 Å². The van der Waals surface area contributed by atoms with Gasteiger partial charge >= 0.3 is 0 Å². The highest BCUT2D eigenvalue weighted by atomic mass is 16.1. The summed E-state index contributed by atoms with van der Waals surface area (Å²) in [4.78, 5) is 11.7. The van der Waals surface area contributed by atoms with Crippen molar-refractivity contribution in [2.45, 2.75) is 65.0 Å². The molecule has 0 aliphatic heterocycles. The van der Waals surface area contributed by atoms with Crippen molar-refractivity contribution < 1.29 is 4.79 Å². The first kappa shape index (κ1) is 13.5. The quantitative estimate of drug-likeness (QED) is 0.771. The minimum atomic E-state index is 0.120. The Hall–Kier alpha value is -0.570. The molecule has 0 bridgehead atoms. The van der Waals surface area contributed by atoms with Crippen molar-refractivity contribution in [3.63, 3.8) is 0 Å². The monoisotopic (exact) mass is 226 g/mol. The molecule has 0 heterocycles. The summed E-state index contributed by atoms with van der Waals surface area (Å²) in [6, 6.07) is 0.509. The van der Waals surface area contributed by atoms with Crippen LogP contribution in [0.25, 0.3) is 0 Å². The zero-order valence-electron chi connectivity index (χ0n) is 10.8. The third-order valence-corrected chi connectivity index (χ3v) is 3.37. The van der Waals surface area contributed by atoms with Crippen molar-refractivity contribution in [1.29, 1.82) is 0 Å². The van der Waals surface area contributed by atoms with E-state index in [-0.39, 0.29) is 11.9 Å². The van der Waals surface area contributed by atoms with Gasteiger partial charge in [-0.25, -0.2) is 0 Å². The van der Waals surface area contributed by atoms with Gasteiger partial charge in [-0.3, -0.25) is 4.79 Å². The summed E-state index contributed by atoms with van der Waals surface area (Å²) in [5, 5.41) is 3.14. The van der Waals surface area contributed by atoms with E-state index >= 15 is 0 Å². The summed E-state index contributed by atoms with van der Waals surface area (Å²) in [5.41, 5.74) is 5.64. The van der Waals surface area contributed by atoms with Gasteiger partial charge in [-0.2, -0.15) is 0 Å². The highest BCUT2D eigenvalue weighted by Gasteiger charge is 2.24. The van der Waals surface area contributed by atoms with Crippen molar-refractivity contribution in [2.75, 3.05) is 0 Å². The van der Waals surface area contributed by atoms with Crippen LogP contribution in [0.2, 0.25) is 0 Å². The van der Waals surface area contributed by atoms with E-state index in [9.17, 15) is 4.79 Å². The summed E-state index contributed by atoms with van der Waals surface area (Å²) < 4.78 is 0. The van der Waals surface area contributed by atoms with Gasteiger partial charge in [-0.05, 0) is 44.4 Å². The van der Waals surface area contributed by atoms with Gasteiger partial charge in [0.2, 0.25) is 5.91 Å². The molecule has 3 unspecified atom stereocenters. The highest BCUT2D eigenvalue weighted by molar-refractivity contribution is 5.76. The molecule has 3 nitrogen and oxygen atoms in total. The summed E-state index contributed by atoms with van der Waals surface area (Å²) in [5.74, 6) is 1.65.